The second kappa shape index (κ2) is 11.1. The number of hydrogen-bond acceptors (Lipinski definition) is 6. The molecule has 2 aromatic carbocycles. The van der Waals surface area contributed by atoms with Crippen molar-refractivity contribution in [2.75, 3.05) is 0 Å². The fourth-order valence-corrected chi connectivity index (χ4v) is 3.14. The van der Waals surface area contributed by atoms with Gasteiger partial charge in [0.1, 0.15) is 12.6 Å². The van der Waals surface area contributed by atoms with Gasteiger partial charge in [-0.2, -0.15) is 0 Å². The minimum Gasteiger partial charge on any atom is -0.481 e. The molecular weight excluding hydrogens is 416 g/mol. The van der Waals surface area contributed by atoms with Crippen LogP contribution >= 0.6 is 0 Å². The van der Waals surface area contributed by atoms with E-state index in [4.69, 9.17) is 10.5 Å². The second-order valence-electron chi connectivity index (χ2n) is 7.28. The monoisotopic (exact) mass is 442 g/mol. The topological polar surface area (TPSA) is 156 Å². The quantitative estimate of drug-likeness (QED) is 0.300. The first-order valence-electron chi connectivity index (χ1n) is 10.0. The highest BCUT2D eigenvalue weighted by atomic mass is 16.5. The third kappa shape index (κ3) is 5.92. The number of ether oxygens (including phenoxy) is 1. The minimum absolute atomic E-state index is 0.00659. The number of carboxylic acid groups (broad SMARTS) is 2. The van der Waals surface area contributed by atoms with Crippen LogP contribution in [0.25, 0.3) is 0 Å². The van der Waals surface area contributed by atoms with Gasteiger partial charge in [0, 0.05) is 0 Å². The molecule has 9 heteroatoms. The molecule has 2 unspecified atom stereocenters. The summed E-state index contributed by atoms with van der Waals surface area (Å²) in [4.78, 5) is 49.6. The van der Waals surface area contributed by atoms with Gasteiger partial charge < -0.3 is 26.0 Å². The molecule has 32 heavy (non-hydrogen) atoms. The van der Waals surface area contributed by atoms with Crippen molar-refractivity contribution in [3.8, 4) is 0 Å². The van der Waals surface area contributed by atoms with Crippen LogP contribution in [0.1, 0.15) is 24.5 Å². The summed E-state index contributed by atoms with van der Waals surface area (Å²) in [5.41, 5.74) is 4.66. The zero-order valence-corrected chi connectivity index (χ0v) is 17.6. The first kappa shape index (κ1) is 24.5. The molecule has 0 aliphatic carbocycles. The molecule has 0 aromatic heterocycles. The van der Waals surface area contributed by atoms with Crippen molar-refractivity contribution in [3.05, 3.63) is 71.8 Å². The summed E-state index contributed by atoms with van der Waals surface area (Å²) in [6.07, 6.45) is -0.239. The van der Waals surface area contributed by atoms with Crippen molar-refractivity contribution in [2.24, 2.45) is 11.7 Å². The predicted molar refractivity (Wildman–Crippen MR) is 114 cm³/mol. The SMILES string of the molecule is CCC(NC(=O)[C@](N)(C(=O)OCc1ccccc1)C(Cc1ccccc1)C(=O)O)C(=O)O. The van der Waals surface area contributed by atoms with Crippen LogP contribution in [0.4, 0.5) is 0 Å². The van der Waals surface area contributed by atoms with Crippen LogP contribution in [-0.4, -0.2) is 45.6 Å². The Morgan fingerprint density at radius 3 is 1.94 bits per heavy atom. The number of nitrogens with one attached hydrogen (secondary N) is 1. The van der Waals surface area contributed by atoms with Crippen molar-refractivity contribution in [2.45, 2.75) is 38.0 Å². The summed E-state index contributed by atoms with van der Waals surface area (Å²) >= 11 is 0. The summed E-state index contributed by atoms with van der Waals surface area (Å²) < 4.78 is 5.22. The van der Waals surface area contributed by atoms with E-state index in [0.717, 1.165) is 0 Å². The van der Waals surface area contributed by atoms with Gasteiger partial charge in [-0.1, -0.05) is 67.6 Å². The van der Waals surface area contributed by atoms with E-state index in [9.17, 15) is 29.4 Å². The second-order valence-corrected chi connectivity index (χ2v) is 7.28. The standard InChI is InChI=1S/C23H26N2O7/c1-2-18(20(28)29)25-21(30)23(24,22(31)32-14-16-11-7-4-8-12-16)17(19(26)27)13-15-9-5-3-6-10-15/h3-12,17-18H,2,13-14,24H2,1H3,(H,25,30)(H,26,27)(H,28,29)/t17?,18?,23-/m0/s1. The van der Waals surface area contributed by atoms with Gasteiger partial charge in [0.15, 0.2) is 0 Å². The molecule has 1 amide bonds. The molecule has 0 bridgehead atoms. The number of nitrogens with two attached hydrogens (primary N) is 1. The zero-order chi connectivity index (χ0) is 23.7. The smallest absolute Gasteiger partial charge is 0.337 e. The van der Waals surface area contributed by atoms with Crippen molar-refractivity contribution < 1.29 is 34.1 Å². The van der Waals surface area contributed by atoms with Crippen LogP contribution in [0.3, 0.4) is 0 Å². The maximum Gasteiger partial charge on any atom is 0.337 e. The summed E-state index contributed by atoms with van der Waals surface area (Å²) in [6, 6.07) is 15.6. The summed E-state index contributed by atoms with van der Waals surface area (Å²) in [6.45, 7) is 1.28. The highest BCUT2D eigenvalue weighted by Crippen LogP contribution is 2.24. The van der Waals surface area contributed by atoms with E-state index < -0.39 is 41.3 Å². The van der Waals surface area contributed by atoms with Crippen molar-refractivity contribution in [1.29, 1.82) is 0 Å². The van der Waals surface area contributed by atoms with E-state index in [-0.39, 0.29) is 19.4 Å². The average Bonchev–Trinajstić information content (AvgIpc) is 2.79. The van der Waals surface area contributed by atoms with Crippen LogP contribution in [0.15, 0.2) is 60.7 Å². The summed E-state index contributed by atoms with van der Waals surface area (Å²) in [5.74, 6) is -7.03. The highest BCUT2D eigenvalue weighted by molar-refractivity contribution is 6.11. The Bertz CT molecular complexity index is 949. The van der Waals surface area contributed by atoms with Crippen molar-refractivity contribution in [3.63, 3.8) is 0 Å². The third-order valence-corrected chi connectivity index (χ3v) is 5.07. The van der Waals surface area contributed by atoms with Crippen molar-refractivity contribution >= 4 is 23.8 Å². The molecule has 3 atom stereocenters. The largest absolute Gasteiger partial charge is 0.481 e. The molecule has 0 fully saturated rings. The van der Waals surface area contributed by atoms with Gasteiger partial charge in [0.2, 0.25) is 5.54 Å². The lowest BCUT2D eigenvalue weighted by molar-refractivity contribution is -0.165. The maximum absolute atomic E-state index is 13.1. The molecule has 0 aliphatic heterocycles. The minimum atomic E-state index is -2.67. The highest BCUT2D eigenvalue weighted by Gasteiger charge is 2.54. The van der Waals surface area contributed by atoms with E-state index in [1.807, 2.05) is 0 Å². The number of esters is 1. The van der Waals surface area contributed by atoms with Crippen LogP contribution in [0, 0.1) is 5.92 Å². The fourth-order valence-electron chi connectivity index (χ4n) is 3.14. The molecule has 0 saturated heterocycles. The molecule has 0 radical (unpaired) electrons. The molecule has 5 N–H and O–H groups in total. The average molecular weight is 442 g/mol. The van der Waals surface area contributed by atoms with Crippen molar-refractivity contribution in [1.82, 2.24) is 5.32 Å². The Balaban J connectivity index is 2.40. The molecule has 2 rings (SSSR count). The van der Waals surface area contributed by atoms with Crippen LogP contribution in [-0.2, 0) is 36.9 Å². The predicted octanol–water partition coefficient (Wildman–Crippen LogP) is 1.35. The zero-order valence-electron chi connectivity index (χ0n) is 17.6. The molecular formula is C23H26N2O7. The van der Waals surface area contributed by atoms with Crippen LogP contribution < -0.4 is 11.1 Å². The lowest BCUT2D eigenvalue weighted by Gasteiger charge is -2.32. The number of carbonyl (C=O) groups is 4. The first-order valence-corrected chi connectivity index (χ1v) is 10.0. The number of amides is 1. The molecule has 0 aliphatic rings. The number of hydrogen-bond donors (Lipinski definition) is 4. The van der Waals surface area contributed by atoms with Crippen LogP contribution in [0.5, 0.6) is 0 Å². The van der Waals surface area contributed by atoms with E-state index in [2.05, 4.69) is 5.32 Å². The number of carboxylic acids is 2. The lowest BCUT2D eigenvalue weighted by atomic mass is 9.79. The molecule has 2 aromatic rings. The summed E-state index contributed by atoms with van der Waals surface area (Å²) in [7, 11) is 0. The Labute approximate surface area is 185 Å². The third-order valence-electron chi connectivity index (χ3n) is 5.07. The van der Waals surface area contributed by atoms with E-state index in [1.165, 1.54) is 6.92 Å². The summed E-state index contributed by atoms with van der Waals surface area (Å²) in [5, 5.41) is 21.3. The number of rotatable bonds is 11. The Morgan fingerprint density at radius 1 is 0.938 bits per heavy atom. The van der Waals surface area contributed by atoms with Crippen LogP contribution in [0.2, 0.25) is 0 Å². The molecule has 0 saturated carbocycles. The van der Waals surface area contributed by atoms with Gasteiger partial charge in [-0.3, -0.25) is 9.59 Å². The van der Waals surface area contributed by atoms with E-state index >= 15 is 0 Å². The number of aliphatic carboxylic acids is 2. The van der Waals surface area contributed by atoms with Gasteiger partial charge in [0.25, 0.3) is 5.91 Å². The van der Waals surface area contributed by atoms with Gasteiger partial charge in [0.05, 0.1) is 5.92 Å². The van der Waals surface area contributed by atoms with E-state index in [1.54, 1.807) is 60.7 Å². The Kier molecular flexibility index (Phi) is 8.48. The van der Waals surface area contributed by atoms with Gasteiger partial charge in [-0.05, 0) is 24.0 Å². The Morgan fingerprint density at radius 2 is 1.47 bits per heavy atom. The first-order chi connectivity index (χ1) is 15.2. The molecule has 0 spiro atoms. The number of benzene rings is 2. The molecule has 170 valence electrons. The number of carbonyl (C=O) groups excluding carboxylic acids is 2. The normalized spacial score (nSPS) is 14.4. The van der Waals surface area contributed by atoms with E-state index in [0.29, 0.717) is 11.1 Å². The molecule has 9 nitrogen and oxygen atoms in total. The van der Waals surface area contributed by atoms with Gasteiger partial charge in [-0.15, -0.1) is 0 Å². The van der Waals surface area contributed by atoms with Gasteiger partial charge in [-0.25, -0.2) is 9.59 Å². The Hall–Kier alpha value is -3.72. The fraction of sp³-hybridized carbons (Fsp3) is 0.304. The maximum atomic E-state index is 13.1. The van der Waals surface area contributed by atoms with Gasteiger partial charge >= 0.3 is 17.9 Å². The lowest BCUT2D eigenvalue weighted by Crippen LogP contribution is -2.68. The molecule has 0 heterocycles.